The number of carboxylic acid groups (broad SMARTS) is 1. The summed E-state index contributed by atoms with van der Waals surface area (Å²) in [4.78, 5) is 10.3. The van der Waals surface area contributed by atoms with Crippen LogP contribution in [0.4, 0.5) is 0 Å². The first-order chi connectivity index (χ1) is 8.54. The summed E-state index contributed by atoms with van der Waals surface area (Å²) in [6.45, 7) is 0. The van der Waals surface area contributed by atoms with Crippen LogP contribution in [0.25, 0.3) is 0 Å². The van der Waals surface area contributed by atoms with Crippen molar-refractivity contribution in [1.29, 1.82) is 0 Å². The zero-order chi connectivity index (χ0) is 14.8. The Morgan fingerprint density at radius 1 is 1.16 bits per heavy atom. The zero-order valence-electron chi connectivity index (χ0n) is 9.98. The summed E-state index contributed by atoms with van der Waals surface area (Å²) in [5.41, 5.74) is 5.16. The number of carboxylic acids is 1. The van der Waals surface area contributed by atoms with Crippen LogP contribution in [0, 0.1) is 0 Å². The number of benzene rings is 1. The molecule has 0 amide bonds. The van der Waals surface area contributed by atoms with Gasteiger partial charge in [0.15, 0.2) is 19.7 Å². The quantitative estimate of drug-likeness (QED) is 0.733. The van der Waals surface area contributed by atoms with E-state index >= 15 is 0 Å². The normalized spacial score (nSPS) is 14.0. The molecular formula is C10H13NO6S2. The molecule has 1 aromatic carbocycles. The van der Waals surface area contributed by atoms with E-state index in [1.165, 1.54) is 0 Å². The molecule has 0 spiro atoms. The number of carbonyl (C=O) groups is 1. The molecule has 1 unspecified atom stereocenters. The number of sulfone groups is 2. The molecule has 0 fully saturated rings. The van der Waals surface area contributed by atoms with Gasteiger partial charge in [-0.25, -0.2) is 16.8 Å². The number of rotatable bonds is 5. The maximum Gasteiger partial charge on any atom is 0.321 e. The van der Waals surface area contributed by atoms with Crippen molar-refractivity contribution in [3.8, 4) is 0 Å². The second-order valence-electron chi connectivity index (χ2n) is 3.97. The summed E-state index contributed by atoms with van der Waals surface area (Å²) in [5.74, 6) is -2.17. The Morgan fingerprint density at radius 2 is 1.58 bits per heavy atom. The van der Waals surface area contributed by atoms with Gasteiger partial charge in [-0.2, -0.15) is 0 Å². The third kappa shape index (κ3) is 4.01. The number of nitrogens with two attached hydrogens (primary N) is 1. The van der Waals surface area contributed by atoms with Gasteiger partial charge in [0.25, 0.3) is 0 Å². The lowest BCUT2D eigenvalue weighted by Crippen LogP contribution is -2.37. The summed E-state index contributed by atoms with van der Waals surface area (Å²) >= 11 is 0. The van der Waals surface area contributed by atoms with Crippen LogP contribution in [-0.4, -0.2) is 46.0 Å². The molecule has 0 aliphatic heterocycles. The summed E-state index contributed by atoms with van der Waals surface area (Å²) in [7, 11) is -7.28. The van der Waals surface area contributed by atoms with E-state index in [-0.39, 0.29) is 9.79 Å². The lowest BCUT2D eigenvalue weighted by molar-refractivity contribution is -0.137. The van der Waals surface area contributed by atoms with Gasteiger partial charge in [-0.1, -0.05) is 0 Å². The third-order valence-corrected chi connectivity index (χ3v) is 5.24. The molecule has 9 heteroatoms. The van der Waals surface area contributed by atoms with E-state index in [1.54, 1.807) is 0 Å². The van der Waals surface area contributed by atoms with Crippen molar-refractivity contribution in [1.82, 2.24) is 0 Å². The Bertz CT molecular complexity index is 675. The van der Waals surface area contributed by atoms with Crippen molar-refractivity contribution >= 4 is 25.6 Å². The van der Waals surface area contributed by atoms with E-state index in [2.05, 4.69) is 0 Å². The Labute approximate surface area is 110 Å². The van der Waals surface area contributed by atoms with Crippen LogP contribution in [0.2, 0.25) is 0 Å². The Morgan fingerprint density at radius 3 is 1.95 bits per heavy atom. The minimum Gasteiger partial charge on any atom is -0.480 e. The zero-order valence-corrected chi connectivity index (χ0v) is 11.6. The molecule has 0 saturated carbocycles. The van der Waals surface area contributed by atoms with E-state index < -0.39 is 37.4 Å². The third-order valence-electron chi connectivity index (χ3n) is 2.33. The molecule has 3 N–H and O–H groups in total. The van der Waals surface area contributed by atoms with E-state index in [0.29, 0.717) is 0 Å². The molecule has 19 heavy (non-hydrogen) atoms. The summed E-state index contributed by atoms with van der Waals surface area (Å²) in [5, 5.41) is 8.57. The minimum atomic E-state index is -3.87. The van der Waals surface area contributed by atoms with Gasteiger partial charge in [0.2, 0.25) is 0 Å². The van der Waals surface area contributed by atoms with Crippen LogP contribution < -0.4 is 5.73 Å². The Balaban J connectivity index is 3.07. The van der Waals surface area contributed by atoms with Crippen LogP contribution in [0.15, 0.2) is 34.1 Å². The average Bonchev–Trinajstić information content (AvgIpc) is 2.27. The highest BCUT2D eigenvalue weighted by molar-refractivity contribution is 7.91. The van der Waals surface area contributed by atoms with Crippen molar-refractivity contribution in [3.63, 3.8) is 0 Å². The standard InChI is InChI=1S/C10H13NO6S2/c1-18(14,15)7-2-4-8(5-3-7)19(16,17)6-9(11)10(12)13/h2-5,9H,6,11H2,1H3,(H,12,13). The molecule has 0 heterocycles. The number of aliphatic carboxylic acids is 1. The first kappa shape index (κ1) is 15.6. The summed E-state index contributed by atoms with van der Waals surface area (Å²) < 4.78 is 46.1. The number of hydrogen-bond donors (Lipinski definition) is 2. The Kier molecular flexibility index (Phi) is 4.33. The molecule has 0 aliphatic carbocycles. The maximum atomic E-state index is 11.8. The van der Waals surface area contributed by atoms with Crippen molar-refractivity contribution in [3.05, 3.63) is 24.3 Å². The van der Waals surface area contributed by atoms with Gasteiger partial charge in [-0.15, -0.1) is 0 Å². The highest BCUT2D eigenvalue weighted by Crippen LogP contribution is 2.16. The van der Waals surface area contributed by atoms with Crippen molar-refractivity contribution < 1.29 is 26.7 Å². The van der Waals surface area contributed by atoms with Crippen LogP contribution >= 0.6 is 0 Å². The molecule has 7 nitrogen and oxygen atoms in total. The minimum absolute atomic E-state index is 0.0195. The second kappa shape index (κ2) is 5.27. The van der Waals surface area contributed by atoms with Gasteiger partial charge in [-0.3, -0.25) is 4.79 Å². The van der Waals surface area contributed by atoms with Gasteiger partial charge in [0.05, 0.1) is 15.5 Å². The first-order valence-corrected chi connectivity index (χ1v) is 8.59. The van der Waals surface area contributed by atoms with Gasteiger partial charge in [-0.05, 0) is 24.3 Å². The van der Waals surface area contributed by atoms with Crippen LogP contribution in [0.5, 0.6) is 0 Å². The summed E-state index contributed by atoms with van der Waals surface area (Å²) in [6, 6.07) is 2.99. The lowest BCUT2D eigenvalue weighted by atomic mass is 10.4. The molecule has 1 rings (SSSR count). The van der Waals surface area contributed by atoms with E-state index in [9.17, 15) is 21.6 Å². The monoisotopic (exact) mass is 307 g/mol. The van der Waals surface area contributed by atoms with Crippen LogP contribution in [0.3, 0.4) is 0 Å². The second-order valence-corrected chi connectivity index (χ2v) is 8.02. The number of hydrogen-bond acceptors (Lipinski definition) is 6. The Hall–Kier alpha value is -1.45. The highest BCUT2D eigenvalue weighted by Gasteiger charge is 2.23. The topological polar surface area (TPSA) is 132 Å². The molecule has 0 radical (unpaired) electrons. The SMILES string of the molecule is CS(=O)(=O)c1ccc(S(=O)(=O)CC(N)C(=O)O)cc1. The fourth-order valence-electron chi connectivity index (χ4n) is 1.30. The highest BCUT2D eigenvalue weighted by atomic mass is 32.2. The largest absolute Gasteiger partial charge is 0.480 e. The van der Waals surface area contributed by atoms with Crippen molar-refractivity contribution in [2.24, 2.45) is 5.73 Å². The summed E-state index contributed by atoms with van der Waals surface area (Å²) in [6.07, 6.45) is 0.997. The fourth-order valence-corrected chi connectivity index (χ4v) is 3.29. The molecule has 1 aromatic rings. The average molecular weight is 307 g/mol. The molecule has 0 bridgehead atoms. The predicted molar refractivity (Wildman–Crippen MR) is 67.2 cm³/mol. The smallest absolute Gasteiger partial charge is 0.321 e. The van der Waals surface area contributed by atoms with Gasteiger partial charge >= 0.3 is 5.97 Å². The van der Waals surface area contributed by atoms with Crippen LogP contribution in [0.1, 0.15) is 0 Å². The van der Waals surface area contributed by atoms with E-state index in [4.69, 9.17) is 10.8 Å². The van der Waals surface area contributed by atoms with Crippen LogP contribution in [-0.2, 0) is 24.5 Å². The fraction of sp³-hybridized carbons (Fsp3) is 0.300. The van der Waals surface area contributed by atoms with Crippen molar-refractivity contribution in [2.75, 3.05) is 12.0 Å². The van der Waals surface area contributed by atoms with E-state index in [1.807, 2.05) is 0 Å². The van der Waals surface area contributed by atoms with Crippen molar-refractivity contribution in [2.45, 2.75) is 15.8 Å². The lowest BCUT2D eigenvalue weighted by Gasteiger charge is -2.08. The predicted octanol–water partition coefficient (Wildman–Crippen LogP) is -0.724. The molecule has 0 aromatic heterocycles. The maximum absolute atomic E-state index is 11.8. The first-order valence-electron chi connectivity index (χ1n) is 5.05. The molecule has 0 aliphatic rings. The van der Waals surface area contributed by atoms with Gasteiger partial charge < -0.3 is 10.8 Å². The molecular weight excluding hydrogens is 294 g/mol. The van der Waals surface area contributed by atoms with E-state index in [0.717, 1.165) is 30.5 Å². The molecule has 0 saturated heterocycles. The van der Waals surface area contributed by atoms with Gasteiger partial charge in [0, 0.05) is 6.26 Å². The molecule has 1 atom stereocenters. The molecule has 106 valence electrons. The van der Waals surface area contributed by atoms with Gasteiger partial charge in [0.1, 0.15) is 6.04 Å².